The smallest absolute Gasteiger partial charge is 0.325 e. The van der Waals surface area contributed by atoms with E-state index in [1.807, 2.05) is 0 Å². The molecule has 5 nitrogen and oxygen atoms in total. The molecule has 22 heavy (non-hydrogen) atoms. The molecule has 0 unspecified atom stereocenters. The van der Waals surface area contributed by atoms with Gasteiger partial charge in [0, 0.05) is 5.54 Å². The van der Waals surface area contributed by atoms with E-state index in [1.165, 1.54) is 0 Å². The van der Waals surface area contributed by atoms with E-state index in [-0.39, 0.29) is 10.3 Å². The number of nitrogens with two attached hydrogens (primary N) is 1. The highest BCUT2D eigenvalue weighted by Gasteiger charge is 2.51. The monoisotopic (exact) mass is 360 g/mol. The molecule has 0 atom stereocenters. The van der Waals surface area contributed by atoms with Crippen molar-refractivity contribution < 1.29 is 39.6 Å². The van der Waals surface area contributed by atoms with Crippen LogP contribution >= 0.6 is 0 Å². The molecule has 0 aromatic heterocycles. The zero-order chi connectivity index (χ0) is 18.4. The van der Waals surface area contributed by atoms with Crippen LogP contribution in [0.25, 0.3) is 0 Å². The van der Waals surface area contributed by atoms with Crippen molar-refractivity contribution in [2.75, 3.05) is 0 Å². The number of amides is 1. The molecule has 0 saturated carbocycles. The summed E-state index contributed by atoms with van der Waals surface area (Å²) in [5, 5.41) is 0. The van der Waals surface area contributed by atoms with Gasteiger partial charge in [0.25, 0.3) is 0 Å². The predicted octanol–water partition coefficient (Wildman–Crippen LogP) is 2.43. The zero-order valence-electron chi connectivity index (χ0n) is 12.1. The van der Waals surface area contributed by atoms with Crippen LogP contribution in [-0.2, 0) is 14.8 Å². The molecular weight excluding hydrogens is 342 g/mol. The Kier molecular flexibility index (Phi) is 8.44. The van der Waals surface area contributed by atoms with Crippen LogP contribution in [0.3, 0.4) is 0 Å². The Morgan fingerprint density at radius 3 is 1.41 bits per heavy atom. The molecule has 0 aromatic rings. The predicted molar refractivity (Wildman–Crippen MR) is 67.0 cm³/mol. The fourth-order valence-electron chi connectivity index (χ4n) is 0.988. The quantitative estimate of drug-likeness (QED) is 0.754. The summed E-state index contributed by atoms with van der Waals surface area (Å²) in [5.74, 6) is -3.20. The molecule has 0 aromatic carbocycles. The molecule has 0 rings (SSSR count). The lowest BCUT2D eigenvalue weighted by molar-refractivity contribution is -0.171. The van der Waals surface area contributed by atoms with Crippen molar-refractivity contribution in [3.63, 3.8) is 0 Å². The highest BCUT2D eigenvalue weighted by atomic mass is 32.2. The molecule has 0 saturated heterocycles. The van der Waals surface area contributed by atoms with Crippen LogP contribution in [0.4, 0.5) is 26.3 Å². The summed E-state index contributed by atoms with van der Waals surface area (Å²) in [7, 11) is -6.30. The SMILES string of the molecule is CCC(N)(CC)CC.O=C(NS(=O)(=O)C(F)(F)F)C(F)(F)F. The number of hydrogen-bond donors (Lipinski definition) is 2. The van der Waals surface area contributed by atoms with Gasteiger partial charge in [0.05, 0.1) is 0 Å². The topological polar surface area (TPSA) is 89.3 Å². The maximum absolute atomic E-state index is 11.4. The Bertz CT molecular complexity index is 446. The maximum atomic E-state index is 11.4. The number of nitrogens with one attached hydrogen (secondary N) is 1. The molecule has 0 radical (unpaired) electrons. The van der Waals surface area contributed by atoms with Crippen molar-refractivity contribution in [3.05, 3.63) is 0 Å². The van der Waals surface area contributed by atoms with Gasteiger partial charge in [0.15, 0.2) is 0 Å². The molecule has 0 spiro atoms. The number of sulfonamides is 1. The molecule has 12 heteroatoms. The number of alkyl halides is 6. The third-order valence-corrected chi connectivity index (χ3v) is 3.97. The van der Waals surface area contributed by atoms with E-state index in [9.17, 15) is 39.6 Å². The van der Waals surface area contributed by atoms with Crippen molar-refractivity contribution in [3.8, 4) is 0 Å². The van der Waals surface area contributed by atoms with E-state index < -0.39 is 27.6 Å². The van der Waals surface area contributed by atoms with Crippen LogP contribution in [0.1, 0.15) is 40.0 Å². The second-order valence-electron chi connectivity index (χ2n) is 4.30. The molecule has 0 fully saturated rings. The van der Waals surface area contributed by atoms with Crippen LogP contribution in [-0.4, -0.2) is 31.5 Å². The fourth-order valence-corrected chi connectivity index (χ4v) is 1.46. The van der Waals surface area contributed by atoms with Crippen LogP contribution in [0, 0.1) is 0 Å². The third-order valence-electron chi connectivity index (χ3n) is 2.90. The highest BCUT2D eigenvalue weighted by molar-refractivity contribution is 7.90. The first kappa shape index (κ1) is 23.2. The lowest BCUT2D eigenvalue weighted by Gasteiger charge is -2.23. The van der Waals surface area contributed by atoms with Crippen LogP contribution in [0.5, 0.6) is 0 Å². The van der Waals surface area contributed by atoms with Gasteiger partial charge in [-0.05, 0) is 19.3 Å². The Balaban J connectivity index is 0. The first-order chi connectivity index (χ1) is 9.56. The minimum Gasteiger partial charge on any atom is -0.325 e. The molecule has 3 N–H and O–H groups in total. The molecule has 0 bridgehead atoms. The van der Waals surface area contributed by atoms with Gasteiger partial charge >= 0.3 is 27.6 Å². The molecule has 0 aliphatic heterocycles. The van der Waals surface area contributed by atoms with Crippen molar-refractivity contribution in [1.29, 1.82) is 0 Å². The lowest BCUT2D eigenvalue weighted by Crippen LogP contribution is -2.46. The molecule has 1 amide bonds. The van der Waals surface area contributed by atoms with Crippen LogP contribution in [0.2, 0.25) is 0 Å². The van der Waals surface area contributed by atoms with Gasteiger partial charge in [0.2, 0.25) is 0 Å². The van der Waals surface area contributed by atoms with E-state index in [2.05, 4.69) is 20.8 Å². The Hall–Kier alpha value is -1.04. The van der Waals surface area contributed by atoms with Crippen LogP contribution in [0.15, 0.2) is 0 Å². The second-order valence-corrected chi connectivity index (χ2v) is 5.98. The number of carbonyl (C=O) groups is 1. The normalized spacial score (nSPS) is 13.2. The molecule has 134 valence electrons. The number of carbonyl (C=O) groups excluding carboxylic acids is 1. The van der Waals surface area contributed by atoms with E-state index in [1.54, 1.807) is 0 Å². The largest absolute Gasteiger partial charge is 0.516 e. The first-order valence-corrected chi connectivity index (χ1v) is 7.53. The first-order valence-electron chi connectivity index (χ1n) is 6.05. The number of rotatable bonds is 4. The van der Waals surface area contributed by atoms with Gasteiger partial charge in [-0.2, -0.15) is 34.8 Å². The van der Waals surface area contributed by atoms with E-state index >= 15 is 0 Å². The van der Waals surface area contributed by atoms with Crippen molar-refractivity contribution >= 4 is 15.9 Å². The van der Waals surface area contributed by atoms with E-state index in [4.69, 9.17) is 5.73 Å². The van der Waals surface area contributed by atoms with Gasteiger partial charge in [0.1, 0.15) is 0 Å². The van der Waals surface area contributed by atoms with Crippen molar-refractivity contribution in [2.45, 2.75) is 57.3 Å². The Labute approximate surface area is 124 Å². The summed E-state index contributed by atoms with van der Waals surface area (Å²) in [6, 6.07) is 0. The number of halogens is 6. The van der Waals surface area contributed by atoms with Gasteiger partial charge in [-0.3, -0.25) is 4.79 Å². The molecule has 0 heterocycles. The Morgan fingerprint density at radius 1 is 0.955 bits per heavy atom. The summed E-state index contributed by atoms with van der Waals surface area (Å²) in [4.78, 5) is 9.81. The highest BCUT2D eigenvalue weighted by Crippen LogP contribution is 2.23. The van der Waals surface area contributed by atoms with Gasteiger partial charge < -0.3 is 5.73 Å². The van der Waals surface area contributed by atoms with E-state index in [0.29, 0.717) is 0 Å². The number of hydrogen-bond acceptors (Lipinski definition) is 4. The van der Waals surface area contributed by atoms with Gasteiger partial charge in [-0.15, -0.1) is 0 Å². The second kappa shape index (κ2) is 7.99. The average molecular weight is 360 g/mol. The summed E-state index contributed by atoms with van der Waals surface area (Å²) >= 11 is 0. The summed E-state index contributed by atoms with van der Waals surface area (Å²) in [6.07, 6.45) is -2.40. The van der Waals surface area contributed by atoms with Crippen molar-refractivity contribution in [2.24, 2.45) is 5.73 Å². The minimum absolute atomic E-state index is 0.125. The summed E-state index contributed by atoms with van der Waals surface area (Å²) in [5.41, 5.74) is 0.0565. The fraction of sp³-hybridized carbons (Fsp3) is 0.900. The maximum Gasteiger partial charge on any atom is 0.516 e. The molecule has 0 aliphatic carbocycles. The standard InChI is InChI=1S/C7H17N.C3HF6NO3S/c1-4-7(8,5-2)6-3;4-2(5,6)1(11)10-14(12,13)3(7,8)9/h4-6,8H2,1-3H3;(H,10,11). The third kappa shape index (κ3) is 7.82. The molecular formula is C10H18F6N2O3S. The Morgan fingerprint density at radius 2 is 1.27 bits per heavy atom. The van der Waals surface area contributed by atoms with Crippen molar-refractivity contribution in [1.82, 2.24) is 4.72 Å². The van der Waals surface area contributed by atoms with Crippen LogP contribution < -0.4 is 10.5 Å². The van der Waals surface area contributed by atoms with Gasteiger partial charge in [-0.1, -0.05) is 20.8 Å². The minimum atomic E-state index is -6.30. The summed E-state index contributed by atoms with van der Waals surface area (Å²) < 4.78 is 87.9. The lowest BCUT2D eigenvalue weighted by atomic mass is 9.92. The zero-order valence-corrected chi connectivity index (χ0v) is 12.9. The van der Waals surface area contributed by atoms with Gasteiger partial charge in [-0.25, -0.2) is 4.72 Å². The summed E-state index contributed by atoms with van der Waals surface area (Å²) in [6.45, 7) is 6.44. The molecule has 0 aliphatic rings. The van der Waals surface area contributed by atoms with E-state index in [0.717, 1.165) is 19.3 Å². The average Bonchev–Trinajstić information content (AvgIpc) is 2.35.